The van der Waals surface area contributed by atoms with Crippen molar-refractivity contribution in [3.63, 3.8) is 0 Å². The van der Waals surface area contributed by atoms with Crippen LogP contribution in [0.1, 0.15) is 10.6 Å². The molecule has 1 aromatic carbocycles. The molecule has 2 aromatic rings. The van der Waals surface area contributed by atoms with Crippen molar-refractivity contribution in [3.8, 4) is 11.3 Å². The van der Waals surface area contributed by atoms with Gasteiger partial charge >= 0.3 is 0 Å². The normalized spacial score (nSPS) is 11.4. The van der Waals surface area contributed by atoms with Crippen molar-refractivity contribution in [2.45, 2.75) is 4.90 Å². The minimum atomic E-state index is -3.51. The van der Waals surface area contributed by atoms with Crippen LogP contribution in [0, 0.1) is 5.82 Å². The minimum absolute atomic E-state index is 0.0456. The first-order chi connectivity index (χ1) is 8.41. The second kappa shape index (κ2) is 4.38. The molecule has 0 saturated heterocycles. The fourth-order valence-corrected chi connectivity index (χ4v) is 2.45. The highest BCUT2D eigenvalue weighted by atomic mass is 32.2. The standard InChI is InChI=1S/C12H9FO4S/c1-18(15,16)12-5-2-8(13)6-10(12)11-4-3-9(7-14)17-11/h2-7H,1H3. The molecular weight excluding hydrogens is 259 g/mol. The van der Waals surface area contributed by atoms with Crippen LogP contribution in [0.15, 0.2) is 39.6 Å². The predicted molar refractivity (Wildman–Crippen MR) is 62.6 cm³/mol. The van der Waals surface area contributed by atoms with Crippen molar-refractivity contribution in [3.05, 3.63) is 41.9 Å². The monoisotopic (exact) mass is 268 g/mol. The van der Waals surface area contributed by atoms with Gasteiger partial charge in [0.25, 0.3) is 0 Å². The number of hydrogen-bond donors (Lipinski definition) is 0. The summed E-state index contributed by atoms with van der Waals surface area (Å²) in [6, 6.07) is 6.10. The summed E-state index contributed by atoms with van der Waals surface area (Å²) in [5, 5.41) is 0. The van der Waals surface area contributed by atoms with Gasteiger partial charge in [0.2, 0.25) is 0 Å². The summed E-state index contributed by atoms with van der Waals surface area (Å²) in [6.07, 6.45) is 1.51. The summed E-state index contributed by atoms with van der Waals surface area (Å²) in [4.78, 5) is 10.5. The van der Waals surface area contributed by atoms with E-state index in [2.05, 4.69) is 0 Å². The third kappa shape index (κ3) is 2.33. The molecule has 0 aliphatic rings. The lowest BCUT2D eigenvalue weighted by Crippen LogP contribution is -2.00. The maximum absolute atomic E-state index is 13.2. The zero-order chi connectivity index (χ0) is 13.3. The molecule has 18 heavy (non-hydrogen) atoms. The highest BCUT2D eigenvalue weighted by molar-refractivity contribution is 7.90. The van der Waals surface area contributed by atoms with Gasteiger partial charge in [-0.15, -0.1) is 0 Å². The van der Waals surface area contributed by atoms with Crippen LogP contribution in [0.25, 0.3) is 11.3 Å². The van der Waals surface area contributed by atoms with Crippen LogP contribution in [0.5, 0.6) is 0 Å². The molecule has 0 radical (unpaired) electrons. The van der Waals surface area contributed by atoms with Crippen LogP contribution in [0.2, 0.25) is 0 Å². The van der Waals surface area contributed by atoms with Crippen LogP contribution in [0.3, 0.4) is 0 Å². The minimum Gasteiger partial charge on any atom is -0.453 e. The second-order valence-corrected chi connectivity index (χ2v) is 5.72. The molecule has 0 fully saturated rings. The second-order valence-electron chi connectivity index (χ2n) is 3.73. The van der Waals surface area contributed by atoms with Crippen molar-refractivity contribution in [1.82, 2.24) is 0 Å². The molecule has 0 aliphatic carbocycles. The number of carbonyl (C=O) groups excluding carboxylic acids is 1. The highest BCUT2D eigenvalue weighted by Gasteiger charge is 2.17. The van der Waals surface area contributed by atoms with E-state index in [1.807, 2.05) is 0 Å². The fraction of sp³-hybridized carbons (Fsp3) is 0.0833. The molecule has 0 atom stereocenters. The summed E-state index contributed by atoms with van der Waals surface area (Å²) in [5.74, 6) is -0.396. The van der Waals surface area contributed by atoms with E-state index in [1.165, 1.54) is 18.2 Å². The lowest BCUT2D eigenvalue weighted by molar-refractivity contribution is 0.110. The first-order valence-electron chi connectivity index (χ1n) is 4.97. The summed E-state index contributed by atoms with van der Waals surface area (Å²) < 4.78 is 41.5. The Morgan fingerprint density at radius 2 is 1.94 bits per heavy atom. The molecule has 94 valence electrons. The number of sulfone groups is 1. The summed E-state index contributed by atoms with van der Waals surface area (Å²) in [5.41, 5.74) is 0.102. The molecule has 0 unspecified atom stereocenters. The van der Waals surface area contributed by atoms with Gasteiger partial charge in [0.15, 0.2) is 21.9 Å². The van der Waals surface area contributed by atoms with Crippen LogP contribution in [-0.4, -0.2) is 21.0 Å². The Hall–Kier alpha value is -1.95. The van der Waals surface area contributed by atoms with Gasteiger partial charge in [-0.3, -0.25) is 4.79 Å². The Labute approximate surface area is 103 Å². The summed E-state index contributed by atoms with van der Waals surface area (Å²) >= 11 is 0. The van der Waals surface area contributed by atoms with E-state index >= 15 is 0 Å². The van der Waals surface area contributed by atoms with Gasteiger partial charge < -0.3 is 4.42 Å². The number of rotatable bonds is 3. The Morgan fingerprint density at radius 3 is 2.50 bits per heavy atom. The van der Waals surface area contributed by atoms with E-state index in [-0.39, 0.29) is 22.0 Å². The van der Waals surface area contributed by atoms with E-state index in [9.17, 15) is 17.6 Å². The SMILES string of the molecule is CS(=O)(=O)c1ccc(F)cc1-c1ccc(C=O)o1. The largest absolute Gasteiger partial charge is 0.453 e. The zero-order valence-corrected chi connectivity index (χ0v) is 10.2. The van der Waals surface area contributed by atoms with Crippen LogP contribution >= 0.6 is 0 Å². The smallest absolute Gasteiger partial charge is 0.185 e. The maximum atomic E-state index is 13.2. The molecule has 4 nitrogen and oxygen atoms in total. The van der Waals surface area contributed by atoms with Crippen molar-refractivity contribution in [2.75, 3.05) is 6.26 Å². The third-order valence-electron chi connectivity index (χ3n) is 2.35. The Morgan fingerprint density at radius 1 is 1.22 bits per heavy atom. The molecule has 0 saturated carbocycles. The number of aldehydes is 1. The summed E-state index contributed by atoms with van der Waals surface area (Å²) in [7, 11) is -3.51. The number of furan rings is 1. The molecule has 1 aromatic heterocycles. The fourth-order valence-electron chi connectivity index (χ4n) is 1.58. The summed E-state index contributed by atoms with van der Waals surface area (Å²) in [6.45, 7) is 0. The van der Waals surface area contributed by atoms with Gasteiger partial charge in [0, 0.05) is 11.8 Å². The quantitative estimate of drug-likeness (QED) is 0.633. The molecule has 0 aliphatic heterocycles. The Bertz CT molecular complexity index is 701. The molecule has 2 rings (SSSR count). The molecule has 6 heteroatoms. The van der Waals surface area contributed by atoms with Crippen molar-refractivity contribution in [2.24, 2.45) is 0 Å². The van der Waals surface area contributed by atoms with Crippen molar-refractivity contribution >= 4 is 16.1 Å². The van der Waals surface area contributed by atoms with Gasteiger partial charge in [-0.25, -0.2) is 12.8 Å². The predicted octanol–water partition coefficient (Wildman–Crippen LogP) is 2.30. The number of benzene rings is 1. The van der Waals surface area contributed by atoms with Gasteiger partial charge in [0.05, 0.1) is 4.90 Å². The number of carbonyl (C=O) groups is 1. The number of halogens is 1. The van der Waals surface area contributed by atoms with Crippen LogP contribution in [0.4, 0.5) is 4.39 Å². The first-order valence-corrected chi connectivity index (χ1v) is 6.86. The molecule has 1 heterocycles. The maximum Gasteiger partial charge on any atom is 0.185 e. The molecule has 0 bridgehead atoms. The van der Waals surface area contributed by atoms with E-state index < -0.39 is 15.7 Å². The van der Waals surface area contributed by atoms with Crippen molar-refractivity contribution in [1.29, 1.82) is 0 Å². The van der Waals surface area contributed by atoms with Gasteiger partial charge in [-0.05, 0) is 30.3 Å². The van der Waals surface area contributed by atoms with E-state index in [1.54, 1.807) is 0 Å². The van der Waals surface area contributed by atoms with Gasteiger partial charge in [-0.1, -0.05) is 0 Å². The average Bonchev–Trinajstić information content (AvgIpc) is 2.75. The Kier molecular flexibility index (Phi) is 3.04. The molecule has 0 amide bonds. The average molecular weight is 268 g/mol. The molecule has 0 N–H and O–H groups in total. The van der Waals surface area contributed by atoms with Crippen molar-refractivity contribution < 1.29 is 22.0 Å². The van der Waals surface area contributed by atoms with Gasteiger partial charge in [0.1, 0.15) is 11.6 Å². The zero-order valence-electron chi connectivity index (χ0n) is 9.38. The lowest BCUT2D eigenvalue weighted by atomic mass is 10.2. The molecular formula is C12H9FO4S. The third-order valence-corrected chi connectivity index (χ3v) is 3.50. The number of hydrogen-bond acceptors (Lipinski definition) is 4. The van der Waals surface area contributed by atoms with E-state index in [0.29, 0.717) is 6.29 Å². The topological polar surface area (TPSA) is 64.3 Å². The van der Waals surface area contributed by atoms with E-state index in [4.69, 9.17) is 4.42 Å². The van der Waals surface area contributed by atoms with E-state index in [0.717, 1.165) is 18.4 Å². The first kappa shape index (κ1) is 12.5. The highest BCUT2D eigenvalue weighted by Crippen LogP contribution is 2.29. The van der Waals surface area contributed by atoms with Gasteiger partial charge in [-0.2, -0.15) is 0 Å². The Balaban J connectivity index is 2.69. The molecule has 0 spiro atoms. The lowest BCUT2D eigenvalue weighted by Gasteiger charge is -2.05. The van der Waals surface area contributed by atoms with Crippen LogP contribution in [-0.2, 0) is 9.84 Å². The van der Waals surface area contributed by atoms with Crippen LogP contribution < -0.4 is 0 Å².